The van der Waals surface area contributed by atoms with Crippen LogP contribution in [0.15, 0.2) is 60.7 Å². The average molecular weight is 323 g/mol. The Morgan fingerprint density at radius 3 is 2.08 bits per heavy atom. The number of para-hydroxylation sites is 1. The number of piperazine rings is 1. The van der Waals surface area contributed by atoms with Gasteiger partial charge in [-0.05, 0) is 24.6 Å². The molecule has 2 aromatic carbocycles. The summed E-state index contributed by atoms with van der Waals surface area (Å²) in [5.41, 5.74) is 2.30. The second-order valence-corrected chi connectivity index (χ2v) is 6.11. The summed E-state index contributed by atoms with van der Waals surface area (Å²) in [4.78, 5) is 19.1. The van der Waals surface area contributed by atoms with E-state index in [9.17, 15) is 4.79 Å². The number of hydrogen-bond donors (Lipinski definition) is 0. The minimum Gasteiger partial charge on any atom is -0.322 e. The van der Waals surface area contributed by atoms with Crippen molar-refractivity contribution in [3.05, 3.63) is 66.2 Å². The average Bonchev–Trinajstić information content (AvgIpc) is 2.65. The van der Waals surface area contributed by atoms with Crippen LogP contribution in [0.3, 0.4) is 0 Å². The van der Waals surface area contributed by atoms with E-state index >= 15 is 0 Å². The molecule has 0 saturated carbocycles. The first kappa shape index (κ1) is 16.5. The summed E-state index contributed by atoms with van der Waals surface area (Å²) < 4.78 is 0. The molecule has 24 heavy (non-hydrogen) atoms. The molecule has 0 atom stereocenters. The summed E-state index contributed by atoms with van der Waals surface area (Å²) >= 11 is 0. The SMILES string of the molecule is CCN(C(=O)N1CCN(Cc2ccccc2)CC1)c1ccccc1. The van der Waals surface area contributed by atoms with Crippen molar-refractivity contribution in [3.63, 3.8) is 0 Å². The number of anilines is 1. The molecule has 1 saturated heterocycles. The van der Waals surface area contributed by atoms with E-state index in [2.05, 4.69) is 29.2 Å². The van der Waals surface area contributed by atoms with Crippen molar-refractivity contribution in [1.82, 2.24) is 9.80 Å². The van der Waals surface area contributed by atoms with Crippen molar-refractivity contribution < 1.29 is 4.79 Å². The molecule has 1 aliphatic heterocycles. The highest BCUT2D eigenvalue weighted by atomic mass is 16.2. The van der Waals surface area contributed by atoms with Gasteiger partial charge in [0.05, 0.1) is 0 Å². The second-order valence-electron chi connectivity index (χ2n) is 6.11. The molecule has 3 rings (SSSR count). The Kier molecular flexibility index (Phi) is 5.49. The third-order valence-electron chi connectivity index (χ3n) is 4.51. The first-order chi connectivity index (χ1) is 11.8. The van der Waals surface area contributed by atoms with Gasteiger partial charge < -0.3 is 4.90 Å². The van der Waals surface area contributed by atoms with E-state index in [4.69, 9.17) is 0 Å². The number of hydrogen-bond acceptors (Lipinski definition) is 2. The van der Waals surface area contributed by atoms with Crippen molar-refractivity contribution in [2.75, 3.05) is 37.6 Å². The van der Waals surface area contributed by atoms with Crippen LogP contribution in [0.25, 0.3) is 0 Å². The van der Waals surface area contributed by atoms with Gasteiger partial charge >= 0.3 is 6.03 Å². The Morgan fingerprint density at radius 1 is 0.917 bits per heavy atom. The highest BCUT2D eigenvalue weighted by Gasteiger charge is 2.25. The van der Waals surface area contributed by atoms with E-state index in [1.54, 1.807) is 0 Å². The van der Waals surface area contributed by atoms with Gasteiger partial charge in [0.25, 0.3) is 0 Å². The highest BCUT2D eigenvalue weighted by Crippen LogP contribution is 2.17. The molecule has 2 aromatic rings. The lowest BCUT2D eigenvalue weighted by Gasteiger charge is -2.37. The molecule has 0 N–H and O–H groups in total. The zero-order chi connectivity index (χ0) is 16.8. The molecule has 1 heterocycles. The van der Waals surface area contributed by atoms with Crippen LogP contribution >= 0.6 is 0 Å². The van der Waals surface area contributed by atoms with Gasteiger partial charge in [-0.3, -0.25) is 9.80 Å². The molecule has 0 aliphatic carbocycles. The van der Waals surface area contributed by atoms with Crippen LogP contribution < -0.4 is 4.90 Å². The summed E-state index contributed by atoms with van der Waals surface area (Å²) in [7, 11) is 0. The number of benzene rings is 2. The van der Waals surface area contributed by atoms with E-state index in [-0.39, 0.29) is 6.03 Å². The maximum absolute atomic E-state index is 12.8. The number of rotatable bonds is 4. The Hall–Kier alpha value is -2.33. The summed E-state index contributed by atoms with van der Waals surface area (Å²) in [6.07, 6.45) is 0. The first-order valence-corrected chi connectivity index (χ1v) is 8.65. The fraction of sp³-hybridized carbons (Fsp3) is 0.350. The van der Waals surface area contributed by atoms with Gasteiger partial charge in [0.1, 0.15) is 0 Å². The van der Waals surface area contributed by atoms with E-state index in [0.717, 1.165) is 38.4 Å². The predicted molar refractivity (Wildman–Crippen MR) is 98.2 cm³/mol. The minimum atomic E-state index is 0.114. The molecule has 1 aliphatic rings. The topological polar surface area (TPSA) is 26.8 Å². The van der Waals surface area contributed by atoms with Crippen molar-refractivity contribution >= 4 is 11.7 Å². The zero-order valence-corrected chi connectivity index (χ0v) is 14.3. The van der Waals surface area contributed by atoms with E-state index in [0.29, 0.717) is 6.54 Å². The van der Waals surface area contributed by atoms with E-state index < -0.39 is 0 Å². The first-order valence-electron chi connectivity index (χ1n) is 8.65. The fourth-order valence-corrected chi connectivity index (χ4v) is 3.15. The summed E-state index contributed by atoms with van der Waals surface area (Å²) in [5.74, 6) is 0. The number of nitrogens with zero attached hydrogens (tertiary/aromatic N) is 3. The maximum Gasteiger partial charge on any atom is 0.324 e. The van der Waals surface area contributed by atoms with Crippen LogP contribution in [0.1, 0.15) is 12.5 Å². The molecule has 0 spiro atoms. The van der Waals surface area contributed by atoms with Gasteiger partial charge in [0.2, 0.25) is 0 Å². The standard InChI is InChI=1S/C20H25N3O/c1-2-23(19-11-7-4-8-12-19)20(24)22-15-13-21(14-16-22)17-18-9-5-3-6-10-18/h3-12H,2,13-17H2,1H3. The third kappa shape index (κ3) is 3.95. The van der Waals surface area contributed by atoms with E-state index in [1.807, 2.05) is 53.1 Å². The molecule has 0 unspecified atom stereocenters. The zero-order valence-electron chi connectivity index (χ0n) is 14.3. The van der Waals surface area contributed by atoms with Crippen LogP contribution in [0.2, 0.25) is 0 Å². The van der Waals surface area contributed by atoms with Gasteiger partial charge in [-0.1, -0.05) is 48.5 Å². The van der Waals surface area contributed by atoms with Crippen LogP contribution in [0.5, 0.6) is 0 Å². The van der Waals surface area contributed by atoms with Crippen LogP contribution in [-0.2, 0) is 6.54 Å². The molecule has 0 bridgehead atoms. The number of carbonyl (C=O) groups is 1. The normalized spacial score (nSPS) is 15.3. The van der Waals surface area contributed by atoms with Gasteiger partial charge in [-0.25, -0.2) is 4.79 Å². The monoisotopic (exact) mass is 323 g/mol. The molecule has 1 fully saturated rings. The summed E-state index contributed by atoms with van der Waals surface area (Å²) in [6.45, 7) is 7.09. The smallest absolute Gasteiger partial charge is 0.322 e. The van der Waals surface area contributed by atoms with Crippen molar-refractivity contribution in [3.8, 4) is 0 Å². The quantitative estimate of drug-likeness (QED) is 0.861. The van der Waals surface area contributed by atoms with Crippen molar-refractivity contribution in [1.29, 1.82) is 0 Å². The fourth-order valence-electron chi connectivity index (χ4n) is 3.15. The Morgan fingerprint density at radius 2 is 1.50 bits per heavy atom. The third-order valence-corrected chi connectivity index (χ3v) is 4.51. The predicted octanol–water partition coefficient (Wildman–Crippen LogP) is 3.45. The summed E-state index contributed by atoms with van der Waals surface area (Å²) in [6, 6.07) is 20.5. The lowest BCUT2D eigenvalue weighted by Crippen LogP contribution is -2.52. The molecule has 4 heteroatoms. The molecule has 0 aromatic heterocycles. The van der Waals surface area contributed by atoms with Gasteiger partial charge in [-0.15, -0.1) is 0 Å². The summed E-state index contributed by atoms with van der Waals surface area (Å²) in [5, 5.41) is 0. The van der Waals surface area contributed by atoms with Gasteiger partial charge in [0.15, 0.2) is 0 Å². The number of amides is 2. The van der Waals surface area contributed by atoms with Gasteiger partial charge in [0, 0.05) is 45.0 Å². The lowest BCUT2D eigenvalue weighted by molar-refractivity contribution is 0.139. The maximum atomic E-state index is 12.8. The van der Waals surface area contributed by atoms with E-state index in [1.165, 1.54) is 5.56 Å². The van der Waals surface area contributed by atoms with Crippen molar-refractivity contribution in [2.24, 2.45) is 0 Å². The minimum absolute atomic E-state index is 0.114. The highest BCUT2D eigenvalue weighted by molar-refractivity contribution is 5.92. The van der Waals surface area contributed by atoms with Crippen LogP contribution in [-0.4, -0.2) is 48.6 Å². The molecular weight excluding hydrogens is 298 g/mol. The largest absolute Gasteiger partial charge is 0.324 e. The molecule has 4 nitrogen and oxygen atoms in total. The second kappa shape index (κ2) is 7.97. The van der Waals surface area contributed by atoms with Crippen molar-refractivity contribution in [2.45, 2.75) is 13.5 Å². The molecular formula is C20H25N3O. The Balaban J connectivity index is 1.56. The number of carbonyl (C=O) groups excluding carboxylic acids is 1. The van der Waals surface area contributed by atoms with Crippen LogP contribution in [0, 0.1) is 0 Å². The molecule has 0 radical (unpaired) electrons. The lowest BCUT2D eigenvalue weighted by atomic mass is 10.2. The number of urea groups is 1. The molecule has 126 valence electrons. The van der Waals surface area contributed by atoms with Gasteiger partial charge in [-0.2, -0.15) is 0 Å². The molecule has 2 amide bonds. The van der Waals surface area contributed by atoms with Crippen LogP contribution in [0.4, 0.5) is 10.5 Å². The Labute approximate surface area is 144 Å². The Bertz CT molecular complexity index is 636.